The Balaban J connectivity index is 1.30. The molecule has 2 saturated carbocycles. The molecule has 0 amide bonds. The van der Waals surface area contributed by atoms with Crippen molar-refractivity contribution in [2.45, 2.75) is 89.1 Å². The number of halogens is 3. The summed E-state index contributed by atoms with van der Waals surface area (Å²) in [6.07, 6.45) is 2.44. The molecule has 2 atom stereocenters. The first-order chi connectivity index (χ1) is 15.7. The molecule has 0 bridgehead atoms. The van der Waals surface area contributed by atoms with Gasteiger partial charge in [-0.3, -0.25) is 0 Å². The first-order valence-corrected chi connectivity index (χ1v) is 12.8. The van der Waals surface area contributed by atoms with Crippen molar-refractivity contribution in [3.63, 3.8) is 0 Å². The average molecular weight is 456 g/mol. The normalized spacial score (nSPS) is 22.3. The van der Waals surface area contributed by atoms with E-state index in [-0.39, 0.29) is 5.92 Å². The molecule has 0 N–H and O–H groups in total. The van der Waals surface area contributed by atoms with Crippen LogP contribution in [-0.2, 0) is 6.18 Å². The van der Waals surface area contributed by atoms with Gasteiger partial charge in [0, 0.05) is 18.8 Å². The van der Waals surface area contributed by atoms with E-state index in [0.29, 0.717) is 17.8 Å². The maximum Gasteiger partial charge on any atom is 0.416 e. The number of hydrogen-bond acceptors (Lipinski definition) is 1. The Kier molecular flexibility index (Phi) is 5.99. The predicted octanol–water partition coefficient (Wildman–Crippen LogP) is 8.60. The van der Waals surface area contributed by atoms with Crippen molar-refractivity contribution in [2.75, 3.05) is 18.0 Å². The van der Waals surface area contributed by atoms with Crippen LogP contribution in [0.2, 0.25) is 0 Å². The van der Waals surface area contributed by atoms with Crippen LogP contribution in [0.3, 0.4) is 0 Å². The summed E-state index contributed by atoms with van der Waals surface area (Å²) < 4.78 is 40.5. The summed E-state index contributed by atoms with van der Waals surface area (Å²) in [5, 5.41) is 0. The van der Waals surface area contributed by atoms with E-state index in [9.17, 15) is 13.2 Å². The zero-order valence-electron chi connectivity index (χ0n) is 20.1. The van der Waals surface area contributed by atoms with Crippen LogP contribution in [0.25, 0.3) is 0 Å². The fraction of sp³-hybridized carbons (Fsp3) is 0.586. The van der Waals surface area contributed by atoms with Gasteiger partial charge in [-0.1, -0.05) is 32.9 Å². The molecule has 1 aliphatic heterocycles. The molecule has 2 aromatic carbocycles. The molecule has 1 nitrogen and oxygen atoms in total. The molecule has 4 heteroatoms. The van der Waals surface area contributed by atoms with E-state index < -0.39 is 11.7 Å². The molecular weight excluding hydrogens is 419 g/mol. The fourth-order valence-corrected chi connectivity index (χ4v) is 5.50. The smallest absolute Gasteiger partial charge is 0.371 e. The molecule has 3 fully saturated rings. The van der Waals surface area contributed by atoms with Crippen molar-refractivity contribution in [2.24, 2.45) is 5.92 Å². The van der Waals surface area contributed by atoms with Crippen LogP contribution in [0.4, 0.5) is 18.9 Å². The maximum atomic E-state index is 13.5. The maximum absolute atomic E-state index is 13.5. The predicted molar refractivity (Wildman–Crippen MR) is 129 cm³/mol. The molecular formula is C29H36F3N. The first kappa shape index (κ1) is 22.8. The van der Waals surface area contributed by atoms with E-state index >= 15 is 0 Å². The lowest BCUT2D eigenvalue weighted by Crippen LogP contribution is -2.20. The molecule has 2 aliphatic carbocycles. The highest BCUT2D eigenvalue weighted by atomic mass is 19.4. The van der Waals surface area contributed by atoms with Crippen molar-refractivity contribution < 1.29 is 13.2 Å². The fourth-order valence-electron chi connectivity index (χ4n) is 5.50. The number of alkyl halides is 3. The largest absolute Gasteiger partial charge is 0.416 e. The molecule has 5 rings (SSSR count). The van der Waals surface area contributed by atoms with E-state index in [1.807, 2.05) is 0 Å². The van der Waals surface area contributed by atoms with Gasteiger partial charge in [-0.25, -0.2) is 0 Å². The molecule has 3 aliphatic rings. The van der Waals surface area contributed by atoms with Crippen LogP contribution in [0.15, 0.2) is 36.4 Å². The Labute approximate surface area is 196 Å². The summed E-state index contributed by atoms with van der Waals surface area (Å²) in [7, 11) is 0. The second-order valence-corrected chi connectivity index (χ2v) is 11.2. The van der Waals surface area contributed by atoms with Crippen LogP contribution in [0.1, 0.15) is 111 Å². The lowest BCUT2D eigenvalue weighted by atomic mass is 9.87. The van der Waals surface area contributed by atoms with Gasteiger partial charge in [-0.2, -0.15) is 13.2 Å². The second kappa shape index (κ2) is 8.67. The quantitative estimate of drug-likeness (QED) is 0.404. The monoisotopic (exact) mass is 455 g/mol. The third-order valence-corrected chi connectivity index (χ3v) is 7.94. The van der Waals surface area contributed by atoms with E-state index in [1.54, 1.807) is 0 Å². The van der Waals surface area contributed by atoms with E-state index in [2.05, 4.69) is 49.9 Å². The minimum atomic E-state index is -4.27. The highest BCUT2D eigenvalue weighted by Gasteiger charge is 2.34. The van der Waals surface area contributed by atoms with Crippen molar-refractivity contribution in [1.82, 2.24) is 0 Å². The van der Waals surface area contributed by atoms with Crippen LogP contribution < -0.4 is 4.90 Å². The summed E-state index contributed by atoms with van der Waals surface area (Å²) in [6.45, 7) is 8.67. The third kappa shape index (κ3) is 5.25. The van der Waals surface area contributed by atoms with Gasteiger partial charge in [0.05, 0.1) is 5.56 Å². The molecule has 0 radical (unpaired) electrons. The minimum absolute atomic E-state index is 0.138. The average Bonchev–Trinajstić information content (AvgIpc) is 3.70. The highest BCUT2D eigenvalue weighted by Crippen LogP contribution is 2.45. The lowest BCUT2D eigenvalue weighted by molar-refractivity contribution is -0.137. The van der Waals surface area contributed by atoms with Crippen LogP contribution in [-0.4, -0.2) is 13.1 Å². The summed E-state index contributed by atoms with van der Waals surface area (Å²) in [5.74, 6) is 2.24. The number of rotatable bonds is 7. The molecule has 178 valence electrons. The molecule has 33 heavy (non-hydrogen) atoms. The molecule has 2 unspecified atom stereocenters. The van der Waals surface area contributed by atoms with Gasteiger partial charge in [-0.05, 0) is 115 Å². The van der Waals surface area contributed by atoms with E-state index in [1.165, 1.54) is 41.8 Å². The van der Waals surface area contributed by atoms with Gasteiger partial charge >= 0.3 is 6.18 Å². The molecule has 1 heterocycles. The van der Waals surface area contributed by atoms with Crippen LogP contribution >= 0.6 is 0 Å². The third-order valence-electron chi connectivity index (χ3n) is 7.94. The minimum Gasteiger partial charge on any atom is -0.371 e. The molecule has 1 saturated heterocycles. The number of nitrogens with zero attached hydrogens (tertiary/aromatic N) is 1. The summed E-state index contributed by atoms with van der Waals surface area (Å²) in [5.41, 5.74) is 5.53. The Morgan fingerprint density at radius 2 is 1.45 bits per heavy atom. The molecule has 0 spiro atoms. The Morgan fingerprint density at radius 1 is 0.818 bits per heavy atom. The van der Waals surface area contributed by atoms with Crippen molar-refractivity contribution in [3.05, 3.63) is 64.2 Å². The second-order valence-electron chi connectivity index (χ2n) is 11.2. The van der Waals surface area contributed by atoms with Crippen molar-refractivity contribution >= 4 is 5.69 Å². The summed E-state index contributed by atoms with van der Waals surface area (Å²) >= 11 is 0. The number of benzene rings is 2. The SMILES string of the molecule is CC(C)c1cc(C2CC2)cc(N2CCC(CC(C)c3cc(C4CC4)cc(C(F)(F)F)c3)C2)c1. The Morgan fingerprint density at radius 3 is 2.06 bits per heavy atom. The number of hydrogen-bond donors (Lipinski definition) is 0. The van der Waals surface area contributed by atoms with Crippen LogP contribution in [0.5, 0.6) is 0 Å². The van der Waals surface area contributed by atoms with Crippen LogP contribution in [0, 0.1) is 5.92 Å². The zero-order chi connectivity index (χ0) is 23.3. The van der Waals surface area contributed by atoms with Gasteiger partial charge in [0.15, 0.2) is 0 Å². The Bertz CT molecular complexity index is 980. The van der Waals surface area contributed by atoms with E-state index in [4.69, 9.17) is 0 Å². The topological polar surface area (TPSA) is 3.24 Å². The number of anilines is 1. The van der Waals surface area contributed by atoms with E-state index in [0.717, 1.165) is 55.8 Å². The van der Waals surface area contributed by atoms with Crippen molar-refractivity contribution in [3.8, 4) is 0 Å². The van der Waals surface area contributed by atoms with Gasteiger partial charge in [-0.15, -0.1) is 0 Å². The van der Waals surface area contributed by atoms with Gasteiger partial charge in [0.2, 0.25) is 0 Å². The first-order valence-electron chi connectivity index (χ1n) is 12.8. The Hall–Kier alpha value is -1.97. The van der Waals surface area contributed by atoms with Gasteiger partial charge in [0.25, 0.3) is 0 Å². The van der Waals surface area contributed by atoms with Crippen molar-refractivity contribution in [1.29, 1.82) is 0 Å². The summed E-state index contributed by atoms with van der Waals surface area (Å²) in [4.78, 5) is 2.51. The highest BCUT2D eigenvalue weighted by molar-refractivity contribution is 5.54. The zero-order valence-corrected chi connectivity index (χ0v) is 20.1. The van der Waals surface area contributed by atoms with Gasteiger partial charge in [0.1, 0.15) is 0 Å². The molecule has 2 aromatic rings. The standard InChI is InChI=1S/C29H36F3N/c1-18(2)23-11-26(22-6-7-22)16-28(15-23)33-9-8-20(17-33)10-19(3)24-12-25(21-4-5-21)14-27(13-24)29(30,31)32/h11-16,18-22H,4-10,17H2,1-3H3. The lowest BCUT2D eigenvalue weighted by Gasteiger charge is -2.23. The van der Waals surface area contributed by atoms with Gasteiger partial charge < -0.3 is 4.90 Å². The molecule has 0 aromatic heterocycles. The summed E-state index contributed by atoms with van der Waals surface area (Å²) in [6, 6.07) is 12.0.